The molecule has 0 spiro atoms. The lowest BCUT2D eigenvalue weighted by atomic mass is 9.99. The standard InChI is InChI=1S/C37H28N2/c1-38(30-15-6-3-7-16-30)31-24-22-28(23-25-31)33-19-11-21-36-37(33)34-18-8-9-20-35(34)39(36)32-17-10-14-29(26-32)27-12-4-2-5-13-27/h2-26H,1H3. The Hall–Kier alpha value is -5.08. The largest absolute Gasteiger partial charge is 0.345 e. The maximum absolute atomic E-state index is 2.40. The van der Waals surface area contributed by atoms with Gasteiger partial charge in [0.1, 0.15) is 0 Å². The van der Waals surface area contributed by atoms with Gasteiger partial charge >= 0.3 is 0 Å². The summed E-state index contributed by atoms with van der Waals surface area (Å²) in [7, 11) is 2.11. The molecule has 0 aliphatic heterocycles. The van der Waals surface area contributed by atoms with Gasteiger partial charge in [0, 0.05) is 34.9 Å². The van der Waals surface area contributed by atoms with E-state index in [-0.39, 0.29) is 0 Å². The molecule has 0 unspecified atom stereocenters. The van der Waals surface area contributed by atoms with Crippen LogP contribution in [0.3, 0.4) is 0 Å². The lowest BCUT2D eigenvalue weighted by Crippen LogP contribution is -2.08. The average molecular weight is 501 g/mol. The van der Waals surface area contributed by atoms with Gasteiger partial charge in [-0.05, 0) is 70.8 Å². The predicted octanol–water partition coefficient (Wildman–Crippen LogP) is 9.89. The smallest absolute Gasteiger partial charge is 0.0547 e. The highest BCUT2D eigenvalue weighted by Gasteiger charge is 2.16. The topological polar surface area (TPSA) is 8.17 Å². The van der Waals surface area contributed by atoms with Crippen LogP contribution in [-0.2, 0) is 0 Å². The molecule has 0 amide bonds. The number of benzene rings is 6. The Kier molecular flexibility index (Phi) is 5.71. The first-order chi connectivity index (χ1) is 19.3. The van der Waals surface area contributed by atoms with Gasteiger partial charge in [0.15, 0.2) is 0 Å². The molecule has 0 N–H and O–H groups in total. The van der Waals surface area contributed by atoms with Crippen LogP contribution in [0.2, 0.25) is 0 Å². The Morgan fingerprint density at radius 1 is 0.462 bits per heavy atom. The number of rotatable bonds is 5. The molecule has 186 valence electrons. The zero-order valence-corrected chi connectivity index (χ0v) is 21.8. The lowest BCUT2D eigenvalue weighted by molar-refractivity contribution is 1.18. The van der Waals surface area contributed by atoms with Gasteiger partial charge in [-0.25, -0.2) is 0 Å². The quantitative estimate of drug-likeness (QED) is 0.228. The van der Waals surface area contributed by atoms with Crippen LogP contribution in [0.15, 0.2) is 152 Å². The molecule has 0 atom stereocenters. The van der Waals surface area contributed by atoms with E-state index in [0.29, 0.717) is 0 Å². The fourth-order valence-corrected chi connectivity index (χ4v) is 5.66. The van der Waals surface area contributed by atoms with Gasteiger partial charge in [0.05, 0.1) is 11.0 Å². The van der Waals surface area contributed by atoms with Crippen LogP contribution in [0.5, 0.6) is 0 Å². The Morgan fingerprint density at radius 2 is 1.08 bits per heavy atom. The molecule has 0 bridgehead atoms. The van der Waals surface area contributed by atoms with Crippen molar-refractivity contribution in [1.82, 2.24) is 4.57 Å². The van der Waals surface area contributed by atoms with E-state index in [9.17, 15) is 0 Å². The van der Waals surface area contributed by atoms with E-state index in [1.54, 1.807) is 0 Å². The first kappa shape index (κ1) is 23.1. The molecule has 1 aromatic heterocycles. The van der Waals surface area contributed by atoms with E-state index in [4.69, 9.17) is 0 Å². The minimum Gasteiger partial charge on any atom is -0.345 e. The van der Waals surface area contributed by atoms with Crippen molar-refractivity contribution in [3.8, 4) is 27.9 Å². The second kappa shape index (κ2) is 9.66. The zero-order chi connectivity index (χ0) is 26.2. The molecule has 0 fully saturated rings. The second-order valence-corrected chi connectivity index (χ2v) is 9.91. The van der Waals surface area contributed by atoms with E-state index in [0.717, 1.165) is 5.69 Å². The molecule has 0 radical (unpaired) electrons. The maximum atomic E-state index is 2.40. The van der Waals surface area contributed by atoms with Gasteiger partial charge in [0.25, 0.3) is 0 Å². The summed E-state index contributed by atoms with van der Waals surface area (Å²) < 4.78 is 2.40. The molecule has 0 saturated carbocycles. The highest BCUT2D eigenvalue weighted by Crippen LogP contribution is 2.39. The summed E-state index contributed by atoms with van der Waals surface area (Å²) in [6.45, 7) is 0. The molecular weight excluding hydrogens is 472 g/mol. The van der Waals surface area contributed by atoms with Gasteiger partial charge in [-0.2, -0.15) is 0 Å². The number of hydrogen-bond donors (Lipinski definition) is 0. The van der Waals surface area contributed by atoms with E-state index in [1.807, 2.05) is 0 Å². The summed E-state index contributed by atoms with van der Waals surface area (Å²) >= 11 is 0. The van der Waals surface area contributed by atoms with Crippen LogP contribution in [0, 0.1) is 0 Å². The van der Waals surface area contributed by atoms with Crippen molar-refractivity contribution in [2.75, 3.05) is 11.9 Å². The van der Waals surface area contributed by atoms with Gasteiger partial charge in [-0.1, -0.05) is 103 Å². The minimum absolute atomic E-state index is 1.16. The van der Waals surface area contributed by atoms with Crippen LogP contribution in [0.4, 0.5) is 11.4 Å². The summed E-state index contributed by atoms with van der Waals surface area (Å²) in [4.78, 5) is 2.22. The molecule has 6 aromatic carbocycles. The maximum Gasteiger partial charge on any atom is 0.0547 e. The van der Waals surface area contributed by atoms with Crippen LogP contribution in [0.25, 0.3) is 49.7 Å². The number of hydrogen-bond acceptors (Lipinski definition) is 1. The van der Waals surface area contributed by atoms with E-state index >= 15 is 0 Å². The lowest BCUT2D eigenvalue weighted by Gasteiger charge is -2.19. The molecule has 7 aromatic rings. The third kappa shape index (κ3) is 4.07. The van der Waals surface area contributed by atoms with Gasteiger partial charge in [0.2, 0.25) is 0 Å². The Morgan fingerprint density at radius 3 is 1.87 bits per heavy atom. The van der Waals surface area contributed by atoms with Crippen LogP contribution < -0.4 is 4.90 Å². The Balaban J connectivity index is 1.37. The van der Waals surface area contributed by atoms with Crippen molar-refractivity contribution in [1.29, 1.82) is 0 Å². The summed E-state index contributed by atoms with van der Waals surface area (Å²) in [6.07, 6.45) is 0. The molecule has 1 heterocycles. The van der Waals surface area contributed by atoms with Crippen molar-refractivity contribution in [2.45, 2.75) is 0 Å². The summed E-state index contributed by atoms with van der Waals surface area (Å²) in [5.41, 5.74) is 10.8. The monoisotopic (exact) mass is 500 g/mol. The molecule has 2 nitrogen and oxygen atoms in total. The summed E-state index contributed by atoms with van der Waals surface area (Å²) in [5.74, 6) is 0. The van der Waals surface area contributed by atoms with Crippen molar-refractivity contribution in [3.63, 3.8) is 0 Å². The third-order valence-electron chi connectivity index (χ3n) is 7.62. The first-order valence-corrected chi connectivity index (χ1v) is 13.4. The van der Waals surface area contributed by atoms with Crippen LogP contribution in [-0.4, -0.2) is 11.6 Å². The molecular formula is C37H28N2. The molecule has 0 aliphatic rings. The average Bonchev–Trinajstić information content (AvgIpc) is 3.36. The van der Waals surface area contributed by atoms with Crippen LogP contribution >= 0.6 is 0 Å². The first-order valence-electron chi connectivity index (χ1n) is 13.4. The second-order valence-electron chi connectivity index (χ2n) is 9.91. The summed E-state index contributed by atoms with van der Waals surface area (Å²) in [6, 6.07) is 54.2. The number of nitrogens with zero attached hydrogens (tertiary/aromatic N) is 2. The predicted molar refractivity (Wildman–Crippen MR) is 166 cm³/mol. The highest BCUT2D eigenvalue weighted by atomic mass is 15.1. The SMILES string of the molecule is CN(c1ccccc1)c1ccc(-c2cccc3c2c2ccccc2n3-c2cccc(-c3ccccc3)c2)cc1. The van der Waals surface area contributed by atoms with E-state index in [1.165, 1.54) is 55.4 Å². The number of aromatic nitrogens is 1. The highest BCUT2D eigenvalue weighted by molar-refractivity contribution is 6.15. The number of fused-ring (bicyclic) bond motifs is 3. The molecule has 7 rings (SSSR count). The van der Waals surface area contributed by atoms with Crippen LogP contribution in [0.1, 0.15) is 0 Å². The third-order valence-corrected chi connectivity index (χ3v) is 7.62. The van der Waals surface area contributed by atoms with Crippen molar-refractivity contribution in [3.05, 3.63) is 152 Å². The fourth-order valence-electron chi connectivity index (χ4n) is 5.66. The normalized spacial score (nSPS) is 11.2. The van der Waals surface area contributed by atoms with Crippen molar-refractivity contribution >= 4 is 33.2 Å². The molecule has 0 saturated heterocycles. The minimum atomic E-state index is 1.16. The molecule has 39 heavy (non-hydrogen) atoms. The van der Waals surface area contributed by atoms with Gasteiger partial charge in [-0.3, -0.25) is 0 Å². The van der Waals surface area contributed by atoms with E-state index in [2.05, 4.69) is 168 Å². The Labute approximate surface area is 229 Å². The van der Waals surface area contributed by atoms with Gasteiger partial charge in [-0.15, -0.1) is 0 Å². The fraction of sp³-hybridized carbons (Fsp3) is 0.0270. The summed E-state index contributed by atoms with van der Waals surface area (Å²) in [5, 5.41) is 2.54. The van der Waals surface area contributed by atoms with Gasteiger partial charge < -0.3 is 9.47 Å². The van der Waals surface area contributed by atoms with E-state index < -0.39 is 0 Å². The zero-order valence-electron chi connectivity index (χ0n) is 21.8. The van der Waals surface area contributed by atoms with Crippen molar-refractivity contribution in [2.24, 2.45) is 0 Å². The number of anilines is 2. The number of para-hydroxylation sites is 2. The molecule has 0 aliphatic carbocycles. The molecule has 2 heteroatoms. The Bertz CT molecular complexity index is 1900. The van der Waals surface area contributed by atoms with Crippen molar-refractivity contribution < 1.29 is 0 Å².